The largest absolute Gasteiger partial charge is 0.384 e. The highest BCUT2D eigenvalue weighted by molar-refractivity contribution is 9.10. The second-order valence-corrected chi connectivity index (χ2v) is 5.72. The van der Waals surface area contributed by atoms with Crippen molar-refractivity contribution in [1.29, 1.82) is 0 Å². The lowest BCUT2D eigenvalue weighted by Crippen LogP contribution is -1.98. The van der Waals surface area contributed by atoms with E-state index >= 15 is 0 Å². The van der Waals surface area contributed by atoms with Crippen LogP contribution >= 0.6 is 27.5 Å². The summed E-state index contributed by atoms with van der Waals surface area (Å²) in [6.07, 6.45) is 0.868. The number of benzene rings is 2. The lowest BCUT2D eigenvalue weighted by Gasteiger charge is -2.13. The zero-order valence-electron chi connectivity index (χ0n) is 11.1. The number of ether oxygens (including phenoxy) is 1. The van der Waals surface area contributed by atoms with Crippen molar-refractivity contribution < 1.29 is 9.13 Å². The van der Waals surface area contributed by atoms with Gasteiger partial charge in [-0.1, -0.05) is 36.4 Å². The van der Waals surface area contributed by atoms with Crippen LogP contribution in [0.3, 0.4) is 0 Å². The van der Waals surface area contributed by atoms with Crippen molar-refractivity contribution in [2.45, 2.75) is 11.8 Å². The predicted octanol–water partition coefficient (Wildman–Crippen LogP) is 5.11. The highest BCUT2D eigenvalue weighted by atomic mass is 79.9. The van der Waals surface area contributed by atoms with Crippen molar-refractivity contribution in [2.24, 2.45) is 0 Å². The quantitative estimate of drug-likeness (QED) is 0.676. The number of rotatable bonds is 5. The molecule has 106 valence electrons. The van der Waals surface area contributed by atoms with Crippen LogP contribution in [0.2, 0.25) is 0 Å². The topological polar surface area (TPSA) is 9.23 Å². The van der Waals surface area contributed by atoms with Crippen LogP contribution < -0.4 is 0 Å². The minimum Gasteiger partial charge on any atom is -0.384 e. The molecule has 0 amide bonds. The molecular formula is C16H15BrClFO. The molecule has 4 heteroatoms. The third kappa shape index (κ3) is 3.60. The molecule has 0 saturated carbocycles. The Bertz CT molecular complexity index is 571. The van der Waals surface area contributed by atoms with E-state index in [1.807, 2.05) is 30.3 Å². The van der Waals surface area contributed by atoms with E-state index in [4.69, 9.17) is 16.3 Å². The van der Waals surface area contributed by atoms with Gasteiger partial charge in [0.15, 0.2) is 0 Å². The van der Waals surface area contributed by atoms with E-state index < -0.39 is 0 Å². The van der Waals surface area contributed by atoms with Gasteiger partial charge in [0.2, 0.25) is 0 Å². The van der Waals surface area contributed by atoms with Gasteiger partial charge in [0.1, 0.15) is 5.82 Å². The molecule has 0 aromatic heterocycles. The summed E-state index contributed by atoms with van der Waals surface area (Å²) in [6, 6.07) is 12.9. The molecule has 0 aliphatic carbocycles. The summed E-state index contributed by atoms with van der Waals surface area (Å²) in [6.45, 7) is 0.694. The third-order valence-electron chi connectivity index (χ3n) is 3.12. The van der Waals surface area contributed by atoms with Crippen LogP contribution in [0.1, 0.15) is 22.1 Å². The maximum absolute atomic E-state index is 13.5. The second-order valence-electron chi connectivity index (χ2n) is 4.49. The van der Waals surface area contributed by atoms with E-state index in [9.17, 15) is 4.39 Å². The normalized spacial score (nSPS) is 12.4. The Morgan fingerprint density at radius 3 is 2.55 bits per heavy atom. The van der Waals surface area contributed by atoms with E-state index in [1.54, 1.807) is 13.2 Å². The third-order valence-corrected chi connectivity index (χ3v) is 4.45. The van der Waals surface area contributed by atoms with Crippen LogP contribution in [0.25, 0.3) is 0 Å². The van der Waals surface area contributed by atoms with Gasteiger partial charge in [-0.2, -0.15) is 0 Å². The standard InChI is InChI=1S/C16H15BrClFO/c1-20-10-9-11-5-7-12(8-6-11)16(18)13-3-2-4-14(19)15(13)17/h2-8,16H,9-10H2,1H3. The zero-order chi connectivity index (χ0) is 14.5. The lowest BCUT2D eigenvalue weighted by molar-refractivity contribution is 0.202. The molecule has 0 fully saturated rings. The van der Waals surface area contributed by atoms with Crippen LogP contribution in [0.5, 0.6) is 0 Å². The highest BCUT2D eigenvalue weighted by Gasteiger charge is 2.16. The molecule has 0 aliphatic rings. The smallest absolute Gasteiger partial charge is 0.137 e. The zero-order valence-corrected chi connectivity index (χ0v) is 13.4. The molecule has 0 aliphatic heterocycles. The minimum atomic E-state index is -0.378. The molecule has 2 rings (SSSR count). The number of methoxy groups -OCH3 is 1. The molecule has 0 radical (unpaired) electrons. The van der Waals surface area contributed by atoms with Crippen LogP contribution in [0.4, 0.5) is 4.39 Å². The first-order valence-corrected chi connectivity index (χ1v) is 7.52. The fraction of sp³-hybridized carbons (Fsp3) is 0.250. The number of hydrogen-bond acceptors (Lipinski definition) is 1. The van der Waals surface area contributed by atoms with Crippen molar-refractivity contribution in [1.82, 2.24) is 0 Å². The number of hydrogen-bond donors (Lipinski definition) is 0. The molecule has 2 aromatic rings. The van der Waals surface area contributed by atoms with E-state index in [0.717, 1.165) is 17.5 Å². The SMILES string of the molecule is COCCc1ccc(C(Cl)c2cccc(F)c2Br)cc1. The van der Waals surface area contributed by atoms with Gasteiger partial charge in [-0.05, 0) is 45.1 Å². The van der Waals surface area contributed by atoms with Gasteiger partial charge >= 0.3 is 0 Å². The van der Waals surface area contributed by atoms with Crippen molar-refractivity contribution >= 4 is 27.5 Å². The molecule has 1 atom stereocenters. The Morgan fingerprint density at radius 1 is 1.20 bits per heavy atom. The van der Waals surface area contributed by atoms with E-state index in [2.05, 4.69) is 15.9 Å². The Balaban J connectivity index is 2.20. The van der Waals surface area contributed by atoms with Gasteiger partial charge in [-0.3, -0.25) is 0 Å². The first-order valence-electron chi connectivity index (χ1n) is 6.29. The van der Waals surface area contributed by atoms with Crippen LogP contribution in [-0.4, -0.2) is 13.7 Å². The van der Waals surface area contributed by atoms with Crippen molar-refractivity contribution in [3.05, 3.63) is 69.4 Å². The Hall–Kier alpha value is -0.900. The van der Waals surface area contributed by atoms with Gasteiger partial charge in [-0.25, -0.2) is 4.39 Å². The van der Waals surface area contributed by atoms with Gasteiger partial charge < -0.3 is 4.74 Å². The molecular weight excluding hydrogens is 343 g/mol. The summed E-state index contributed by atoms with van der Waals surface area (Å²) >= 11 is 9.69. The molecule has 1 nitrogen and oxygen atoms in total. The molecule has 0 N–H and O–H groups in total. The number of halogens is 3. The summed E-state index contributed by atoms with van der Waals surface area (Å²) in [5, 5.41) is -0.378. The lowest BCUT2D eigenvalue weighted by atomic mass is 10.0. The molecule has 1 unspecified atom stereocenters. The van der Waals surface area contributed by atoms with E-state index in [0.29, 0.717) is 11.1 Å². The first kappa shape index (κ1) is 15.5. The highest BCUT2D eigenvalue weighted by Crippen LogP contribution is 2.35. The molecule has 0 saturated heterocycles. The fourth-order valence-electron chi connectivity index (χ4n) is 1.97. The average Bonchev–Trinajstić information content (AvgIpc) is 2.48. The number of alkyl halides is 1. The maximum atomic E-state index is 13.5. The van der Waals surface area contributed by atoms with Crippen molar-refractivity contribution in [3.63, 3.8) is 0 Å². The predicted molar refractivity (Wildman–Crippen MR) is 83.8 cm³/mol. The van der Waals surface area contributed by atoms with Crippen LogP contribution in [-0.2, 0) is 11.2 Å². The molecule has 2 aromatic carbocycles. The van der Waals surface area contributed by atoms with E-state index in [-0.39, 0.29) is 11.2 Å². The summed E-state index contributed by atoms with van der Waals surface area (Å²) in [5.74, 6) is -0.301. The van der Waals surface area contributed by atoms with Crippen molar-refractivity contribution in [2.75, 3.05) is 13.7 Å². The first-order chi connectivity index (χ1) is 9.63. The summed E-state index contributed by atoms with van der Waals surface area (Å²) < 4.78 is 19.0. The minimum absolute atomic E-state index is 0.301. The summed E-state index contributed by atoms with van der Waals surface area (Å²) in [5.41, 5.74) is 2.87. The molecule has 20 heavy (non-hydrogen) atoms. The molecule has 0 heterocycles. The average molecular weight is 358 g/mol. The van der Waals surface area contributed by atoms with Crippen molar-refractivity contribution in [3.8, 4) is 0 Å². The van der Waals surface area contributed by atoms with Crippen LogP contribution in [0.15, 0.2) is 46.9 Å². The Morgan fingerprint density at radius 2 is 1.90 bits per heavy atom. The van der Waals surface area contributed by atoms with Gasteiger partial charge in [-0.15, -0.1) is 11.6 Å². The second kappa shape index (κ2) is 7.21. The summed E-state index contributed by atoms with van der Waals surface area (Å²) in [7, 11) is 1.69. The van der Waals surface area contributed by atoms with Gasteiger partial charge in [0.25, 0.3) is 0 Å². The van der Waals surface area contributed by atoms with Crippen LogP contribution in [0, 0.1) is 5.82 Å². The maximum Gasteiger partial charge on any atom is 0.137 e. The Labute approximate surface area is 131 Å². The van der Waals surface area contributed by atoms with Gasteiger partial charge in [0, 0.05) is 7.11 Å². The fourth-order valence-corrected chi connectivity index (χ4v) is 2.92. The summed E-state index contributed by atoms with van der Waals surface area (Å²) in [4.78, 5) is 0. The monoisotopic (exact) mass is 356 g/mol. The van der Waals surface area contributed by atoms with Gasteiger partial charge in [0.05, 0.1) is 16.5 Å². The molecule has 0 spiro atoms. The molecule has 0 bridgehead atoms. The Kier molecular flexibility index (Phi) is 5.58. The van der Waals surface area contributed by atoms with E-state index in [1.165, 1.54) is 11.6 Å².